The van der Waals surface area contributed by atoms with E-state index in [-0.39, 0.29) is 5.88 Å². The van der Waals surface area contributed by atoms with Gasteiger partial charge < -0.3 is 29.6 Å². The van der Waals surface area contributed by atoms with Crippen LogP contribution in [-0.4, -0.2) is 54.1 Å². The van der Waals surface area contributed by atoms with Crippen LogP contribution in [0.3, 0.4) is 0 Å². The lowest BCUT2D eigenvalue weighted by atomic mass is 9.83. The van der Waals surface area contributed by atoms with E-state index < -0.39 is 12.0 Å². The van der Waals surface area contributed by atoms with Gasteiger partial charge in [-0.05, 0) is 31.0 Å². The van der Waals surface area contributed by atoms with Crippen LogP contribution in [-0.2, 0) is 11.2 Å². The Morgan fingerprint density at radius 1 is 1.33 bits per heavy atom. The molecule has 2 aromatic rings. The molecule has 0 radical (unpaired) electrons. The molecule has 174 valence electrons. The number of nitrogens with zero attached hydrogens (tertiary/aromatic N) is 3. The van der Waals surface area contributed by atoms with Gasteiger partial charge in [0.1, 0.15) is 11.6 Å². The number of rotatable bonds is 6. The van der Waals surface area contributed by atoms with Crippen LogP contribution < -0.4 is 19.9 Å². The van der Waals surface area contributed by atoms with Gasteiger partial charge in [0.25, 0.3) is 0 Å². The quantitative estimate of drug-likeness (QED) is 0.681. The minimum absolute atomic E-state index is 0.0188. The molecule has 1 atom stereocenters. The number of hydrogen-bond donors (Lipinski definition) is 2. The number of nitrogens with one attached hydrogen (secondary N) is 1. The molecule has 4 rings (SSSR count). The number of ether oxygens (including phenoxy) is 4. The maximum absolute atomic E-state index is 12.6. The zero-order valence-electron chi connectivity index (χ0n) is 18.7. The summed E-state index contributed by atoms with van der Waals surface area (Å²) >= 11 is 0. The number of benzene rings is 1. The number of allylic oxidation sites excluding steroid dienone is 1. The minimum Gasteiger partial charge on any atom is -0.490 e. The zero-order valence-corrected chi connectivity index (χ0v) is 18.7. The van der Waals surface area contributed by atoms with Gasteiger partial charge in [0.2, 0.25) is 11.8 Å². The van der Waals surface area contributed by atoms with Crippen LogP contribution in [0.5, 0.6) is 17.4 Å². The van der Waals surface area contributed by atoms with Crippen molar-refractivity contribution in [2.75, 3.05) is 32.9 Å². The Morgan fingerprint density at radius 2 is 2.12 bits per heavy atom. The van der Waals surface area contributed by atoms with E-state index in [1.807, 2.05) is 6.92 Å². The number of fused-ring (bicyclic) bond motifs is 1. The number of carbonyl (C=O) groups excluding carboxylic acids is 1. The van der Waals surface area contributed by atoms with E-state index in [2.05, 4.69) is 23.2 Å². The van der Waals surface area contributed by atoms with Crippen molar-refractivity contribution in [1.82, 2.24) is 15.1 Å². The fraction of sp³-hybridized carbons (Fsp3) is 0.435. The third kappa shape index (κ3) is 4.45. The molecule has 10 nitrogen and oxygen atoms in total. The highest BCUT2D eigenvalue weighted by atomic mass is 16.6. The molecule has 3 heterocycles. The molecule has 0 bridgehead atoms. The van der Waals surface area contributed by atoms with Gasteiger partial charge in [-0.1, -0.05) is 19.4 Å². The van der Waals surface area contributed by atoms with Crippen molar-refractivity contribution in [3.05, 3.63) is 46.5 Å². The highest BCUT2D eigenvalue weighted by molar-refractivity contribution is 5.72. The van der Waals surface area contributed by atoms with Crippen molar-refractivity contribution in [1.29, 1.82) is 5.26 Å². The van der Waals surface area contributed by atoms with Crippen LogP contribution in [0.4, 0.5) is 4.79 Å². The Hall–Kier alpha value is -3.71. The molecular weight excluding hydrogens is 426 g/mol. The molecule has 1 amide bonds. The maximum atomic E-state index is 12.6. The highest BCUT2D eigenvalue weighted by Crippen LogP contribution is 2.45. The molecule has 3 N–H and O–H groups in total. The molecule has 0 aliphatic carbocycles. The van der Waals surface area contributed by atoms with E-state index in [0.29, 0.717) is 55.9 Å². The molecule has 1 saturated heterocycles. The van der Waals surface area contributed by atoms with Crippen molar-refractivity contribution >= 4 is 6.09 Å². The number of aryl methyl sites for hydroxylation is 1. The topological polar surface area (TPSA) is 136 Å². The first kappa shape index (κ1) is 22.5. The predicted molar refractivity (Wildman–Crippen MR) is 118 cm³/mol. The monoisotopic (exact) mass is 453 g/mol. The van der Waals surface area contributed by atoms with Crippen molar-refractivity contribution in [2.24, 2.45) is 5.73 Å². The second kappa shape index (κ2) is 9.83. The summed E-state index contributed by atoms with van der Waals surface area (Å²) in [5.41, 5.74) is 8.77. The van der Waals surface area contributed by atoms with E-state index >= 15 is 0 Å². The Labute approximate surface area is 191 Å². The summed E-state index contributed by atoms with van der Waals surface area (Å²) < 4.78 is 22.3. The molecule has 2 aliphatic heterocycles. The van der Waals surface area contributed by atoms with E-state index in [1.165, 1.54) is 0 Å². The summed E-state index contributed by atoms with van der Waals surface area (Å²) in [6, 6.07) is 7.45. The summed E-state index contributed by atoms with van der Waals surface area (Å²) in [5, 5.41) is 17.1. The molecule has 1 aromatic carbocycles. The number of morpholine rings is 1. The number of hydrogen-bond acceptors (Lipinski definition) is 8. The lowest BCUT2D eigenvalue weighted by molar-refractivity contribution is 0.0413. The number of amides is 1. The van der Waals surface area contributed by atoms with Crippen molar-refractivity contribution in [2.45, 2.75) is 32.6 Å². The minimum atomic E-state index is -0.484. The van der Waals surface area contributed by atoms with E-state index in [4.69, 9.17) is 24.7 Å². The number of H-pyrrole nitrogens is 1. The average molecular weight is 453 g/mol. The summed E-state index contributed by atoms with van der Waals surface area (Å²) in [6.07, 6.45) is 1.18. The second-order valence-corrected chi connectivity index (χ2v) is 7.70. The Balaban J connectivity index is 1.71. The summed E-state index contributed by atoms with van der Waals surface area (Å²) in [7, 11) is 0. The summed E-state index contributed by atoms with van der Waals surface area (Å²) in [5.74, 6) is 0.607. The molecule has 1 aromatic heterocycles. The zero-order chi connectivity index (χ0) is 23.4. The first-order valence-electron chi connectivity index (χ1n) is 11.0. The number of aromatic amines is 1. The van der Waals surface area contributed by atoms with Gasteiger partial charge >= 0.3 is 6.09 Å². The van der Waals surface area contributed by atoms with E-state index in [0.717, 1.165) is 29.7 Å². The molecule has 33 heavy (non-hydrogen) atoms. The van der Waals surface area contributed by atoms with Gasteiger partial charge in [-0.15, -0.1) is 5.10 Å². The number of nitriles is 1. The Kier molecular flexibility index (Phi) is 6.70. The van der Waals surface area contributed by atoms with Crippen LogP contribution >= 0.6 is 0 Å². The third-order valence-corrected chi connectivity index (χ3v) is 5.59. The van der Waals surface area contributed by atoms with Crippen LogP contribution in [0.1, 0.15) is 43.0 Å². The summed E-state index contributed by atoms with van der Waals surface area (Å²) in [6.45, 7) is 6.19. The summed E-state index contributed by atoms with van der Waals surface area (Å²) in [4.78, 5) is 14.2. The third-order valence-electron chi connectivity index (χ3n) is 5.59. The van der Waals surface area contributed by atoms with Crippen LogP contribution in [0.25, 0.3) is 0 Å². The van der Waals surface area contributed by atoms with Gasteiger partial charge in [0.05, 0.1) is 25.7 Å². The first-order chi connectivity index (χ1) is 16.1. The first-order valence-corrected chi connectivity index (χ1v) is 11.0. The van der Waals surface area contributed by atoms with Gasteiger partial charge in [-0.2, -0.15) is 5.26 Å². The van der Waals surface area contributed by atoms with Gasteiger partial charge in [-0.3, -0.25) is 5.10 Å². The maximum Gasteiger partial charge on any atom is 0.415 e. The normalized spacial score (nSPS) is 17.7. The van der Waals surface area contributed by atoms with Gasteiger partial charge in [0, 0.05) is 24.3 Å². The Bertz CT molecular complexity index is 1100. The molecule has 1 fully saturated rings. The van der Waals surface area contributed by atoms with Gasteiger partial charge in [-0.25, -0.2) is 4.79 Å². The molecule has 2 aliphatic rings. The smallest absolute Gasteiger partial charge is 0.415 e. The molecular formula is C23H27N5O5. The van der Waals surface area contributed by atoms with Crippen molar-refractivity contribution < 1.29 is 23.7 Å². The van der Waals surface area contributed by atoms with E-state index in [1.54, 1.807) is 23.1 Å². The van der Waals surface area contributed by atoms with Crippen molar-refractivity contribution in [3.8, 4) is 23.4 Å². The fourth-order valence-corrected chi connectivity index (χ4v) is 4.04. The fourth-order valence-electron chi connectivity index (χ4n) is 4.04. The van der Waals surface area contributed by atoms with Crippen LogP contribution in [0, 0.1) is 11.3 Å². The van der Waals surface area contributed by atoms with Crippen LogP contribution in [0.2, 0.25) is 0 Å². The van der Waals surface area contributed by atoms with Crippen molar-refractivity contribution in [3.63, 3.8) is 0 Å². The standard InChI is InChI=1S/C23H27N5O5/c1-3-5-16-20-19(15(13-24)21(25)33-22(20)27-26-16)14-6-7-17(18(12-14)31-4-2)32-23(29)28-8-10-30-11-9-28/h6-7,12,19H,3-5,8-11,25H2,1-2H3,(H,26,27)/t19-/m0/s1. The average Bonchev–Trinajstić information content (AvgIpc) is 3.22. The highest BCUT2D eigenvalue weighted by Gasteiger charge is 2.35. The molecule has 0 unspecified atom stereocenters. The largest absolute Gasteiger partial charge is 0.490 e. The Morgan fingerprint density at radius 3 is 2.82 bits per heavy atom. The number of aromatic nitrogens is 2. The number of carbonyl (C=O) groups is 1. The predicted octanol–water partition coefficient (Wildman–Crippen LogP) is 2.81. The number of nitrogens with two attached hydrogens (primary N) is 1. The molecule has 0 saturated carbocycles. The lowest BCUT2D eigenvalue weighted by Gasteiger charge is -2.27. The lowest BCUT2D eigenvalue weighted by Crippen LogP contribution is -2.42. The molecule has 0 spiro atoms. The second-order valence-electron chi connectivity index (χ2n) is 7.70. The van der Waals surface area contributed by atoms with Gasteiger partial charge in [0.15, 0.2) is 11.5 Å². The van der Waals surface area contributed by atoms with E-state index in [9.17, 15) is 10.1 Å². The van der Waals surface area contributed by atoms with Crippen LogP contribution in [0.15, 0.2) is 29.7 Å². The molecule has 10 heteroatoms. The SMILES string of the molecule is CCCc1[nH]nc2c1[C@@H](c1ccc(OC(=O)N3CCOCC3)c(OCC)c1)C(C#N)=C(N)O2.